The third-order valence-electron chi connectivity index (χ3n) is 3.10. The van der Waals surface area contributed by atoms with Gasteiger partial charge in [0.2, 0.25) is 5.82 Å². The van der Waals surface area contributed by atoms with Crippen molar-refractivity contribution in [3.8, 4) is 5.75 Å². The van der Waals surface area contributed by atoms with Gasteiger partial charge in [-0.3, -0.25) is 14.9 Å². The quantitative estimate of drug-likeness (QED) is 0.652. The molecule has 2 rings (SSSR count). The van der Waals surface area contributed by atoms with Crippen LogP contribution in [0.2, 0.25) is 0 Å². The van der Waals surface area contributed by atoms with Crippen molar-refractivity contribution in [2.24, 2.45) is 0 Å². The molecule has 2 aromatic carbocycles. The number of nitro groups is 1. The molecule has 0 saturated carbocycles. The summed E-state index contributed by atoms with van der Waals surface area (Å²) >= 11 is 0. The molecule has 0 aliphatic carbocycles. The number of nitro benzene ring substituents is 1. The molecule has 0 aromatic heterocycles. The Morgan fingerprint density at radius 1 is 1.30 bits per heavy atom. The number of carbonyl (C=O) groups excluding carboxylic acids is 1. The Bertz CT molecular complexity index is 706. The van der Waals surface area contributed by atoms with E-state index in [0.29, 0.717) is 12.2 Å². The first-order valence-corrected chi connectivity index (χ1v) is 6.97. The van der Waals surface area contributed by atoms with Gasteiger partial charge in [-0.1, -0.05) is 25.1 Å². The number of ether oxygens (including phenoxy) is 1. The van der Waals surface area contributed by atoms with Crippen LogP contribution in [0.3, 0.4) is 0 Å². The van der Waals surface area contributed by atoms with Crippen molar-refractivity contribution in [2.75, 3.05) is 5.32 Å². The van der Waals surface area contributed by atoms with Crippen LogP contribution in [-0.2, 0) is 4.79 Å². The van der Waals surface area contributed by atoms with Crippen LogP contribution in [0, 0.1) is 15.9 Å². The second-order valence-corrected chi connectivity index (χ2v) is 4.74. The molecule has 0 radical (unpaired) electrons. The van der Waals surface area contributed by atoms with Crippen LogP contribution in [0.5, 0.6) is 5.75 Å². The van der Waals surface area contributed by atoms with Crippen molar-refractivity contribution in [3.63, 3.8) is 0 Å². The highest BCUT2D eigenvalue weighted by Gasteiger charge is 2.20. The topological polar surface area (TPSA) is 81.5 Å². The lowest BCUT2D eigenvalue weighted by atomic mass is 10.2. The number of anilines is 1. The molecule has 0 spiro atoms. The highest BCUT2D eigenvalue weighted by atomic mass is 19.1. The van der Waals surface area contributed by atoms with Crippen LogP contribution in [0.15, 0.2) is 48.5 Å². The number of halogens is 1. The average Bonchev–Trinajstić information content (AvgIpc) is 2.55. The summed E-state index contributed by atoms with van der Waals surface area (Å²) in [5, 5.41) is 13.2. The molecule has 1 amide bonds. The predicted molar refractivity (Wildman–Crippen MR) is 82.8 cm³/mol. The summed E-state index contributed by atoms with van der Waals surface area (Å²) in [7, 11) is 0. The zero-order chi connectivity index (χ0) is 16.8. The van der Waals surface area contributed by atoms with Gasteiger partial charge in [-0.25, -0.2) is 0 Å². The van der Waals surface area contributed by atoms with E-state index in [2.05, 4.69) is 5.32 Å². The molecule has 1 N–H and O–H groups in total. The van der Waals surface area contributed by atoms with E-state index in [0.717, 1.165) is 12.1 Å². The van der Waals surface area contributed by atoms with Crippen LogP contribution < -0.4 is 10.1 Å². The van der Waals surface area contributed by atoms with Gasteiger partial charge >= 0.3 is 5.69 Å². The highest BCUT2D eigenvalue weighted by Crippen LogP contribution is 2.22. The van der Waals surface area contributed by atoms with Crippen LogP contribution in [0.1, 0.15) is 13.3 Å². The summed E-state index contributed by atoms with van der Waals surface area (Å²) in [6.07, 6.45) is -0.356. The number of nitrogens with zero attached hydrogens (tertiary/aromatic N) is 1. The van der Waals surface area contributed by atoms with E-state index in [1.807, 2.05) is 6.07 Å². The van der Waals surface area contributed by atoms with Gasteiger partial charge in [0, 0.05) is 11.8 Å². The Hall–Kier alpha value is -2.96. The molecule has 120 valence electrons. The minimum atomic E-state index is -0.958. The zero-order valence-corrected chi connectivity index (χ0v) is 12.4. The minimum absolute atomic E-state index is 0.137. The molecule has 0 aliphatic rings. The molecule has 0 saturated heterocycles. The Balaban J connectivity index is 2.10. The number of rotatable bonds is 6. The largest absolute Gasteiger partial charge is 0.481 e. The lowest BCUT2D eigenvalue weighted by Crippen LogP contribution is -2.32. The number of hydrogen-bond acceptors (Lipinski definition) is 4. The van der Waals surface area contributed by atoms with E-state index in [9.17, 15) is 19.3 Å². The molecule has 0 bridgehead atoms. The van der Waals surface area contributed by atoms with E-state index >= 15 is 0 Å². The summed E-state index contributed by atoms with van der Waals surface area (Å²) in [5.41, 5.74) is -0.557. The molecule has 7 heteroatoms. The van der Waals surface area contributed by atoms with E-state index in [-0.39, 0.29) is 5.69 Å². The lowest BCUT2D eigenvalue weighted by molar-refractivity contribution is -0.387. The lowest BCUT2D eigenvalue weighted by Gasteiger charge is -2.17. The van der Waals surface area contributed by atoms with Crippen molar-refractivity contribution < 1.29 is 18.8 Å². The van der Waals surface area contributed by atoms with E-state index < -0.39 is 28.4 Å². The van der Waals surface area contributed by atoms with Crippen molar-refractivity contribution in [2.45, 2.75) is 19.4 Å². The van der Waals surface area contributed by atoms with Crippen LogP contribution in [0.4, 0.5) is 15.8 Å². The average molecular weight is 318 g/mol. The first-order chi connectivity index (χ1) is 11.0. The summed E-state index contributed by atoms with van der Waals surface area (Å²) in [5.74, 6) is -0.877. The zero-order valence-electron chi connectivity index (χ0n) is 12.4. The second kappa shape index (κ2) is 7.35. The number of nitrogens with one attached hydrogen (secondary N) is 1. The second-order valence-electron chi connectivity index (χ2n) is 4.74. The highest BCUT2D eigenvalue weighted by molar-refractivity contribution is 5.94. The maximum absolute atomic E-state index is 13.3. The molecule has 1 unspecified atom stereocenters. The van der Waals surface area contributed by atoms with Gasteiger partial charge in [-0.15, -0.1) is 0 Å². The van der Waals surface area contributed by atoms with Gasteiger partial charge in [-0.05, 0) is 30.7 Å². The van der Waals surface area contributed by atoms with Crippen molar-refractivity contribution in [3.05, 3.63) is 64.5 Å². The number of amides is 1. The maximum atomic E-state index is 13.3. The normalized spacial score (nSPS) is 11.6. The molecule has 1 atom stereocenters. The molecular weight excluding hydrogens is 303 g/mol. The Morgan fingerprint density at radius 2 is 2.00 bits per heavy atom. The third-order valence-corrected chi connectivity index (χ3v) is 3.10. The van der Waals surface area contributed by atoms with Crippen molar-refractivity contribution in [1.82, 2.24) is 0 Å². The fraction of sp³-hybridized carbons (Fsp3) is 0.188. The van der Waals surface area contributed by atoms with Crippen LogP contribution >= 0.6 is 0 Å². The molecule has 6 nitrogen and oxygen atoms in total. The Kier molecular flexibility index (Phi) is 5.24. The number of para-hydroxylation sites is 1. The van der Waals surface area contributed by atoms with Gasteiger partial charge in [0.15, 0.2) is 6.10 Å². The standard InChI is InChI=1S/C16H15FN2O4/c1-2-15(23-12-6-4-3-5-7-12)16(20)18-11-8-9-13(17)14(10-11)19(21)22/h3-10,15H,2H2,1H3,(H,18,20). The van der Waals surface area contributed by atoms with Crippen molar-refractivity contribution in [1.29, 1.82) is 0 Å². The Morgan fingerprint density at radius 3 is 2.61 bits per heavy atom. The van der Waals surface area contributed by atoms with Gasteiger partial charge < -0.3 is 10.1 Å². The molecule has 0 aliphatic heterocycles. The maximum Gasteiger partial charge on any atom is 0.306 e. The minimum Gasteiger partial charge on any atom is -0.481 e. The van der Waals surface area contributed by atoms with Gasteiger partial charge in [0.25, 0.3) is 5.91 Å². The summed E-state index contributed by atoms with van der Waals surface area (Å²) in [4.78, 5) is 22.1. The van der Waals surface area contributed by atoms with Gasteiger partial charge in [0.1, 0.15) is 5.75 Å². The van der Waals surface area contributed by atoms with Crippen LogP contribution in [0.25, 0.3) is 0 Å². The van der Waals surface area contributed by atoms with E-state index in [4.69, 9.17) is 4.74 Å². The SMILES string of the molecule is CCC(Oc1ccccc1)C(=O)Nc1ccc(F)c([N+](=O)[O-])c1. The summed E-state index contributed by atoms with van der Waals surface area (Å²) < 4.78 is 18.9. The number of benzene rings is 2. The first-order valence-electron chi connectivity index (χ1n) is 6.97. The summed E-state index contributed by atoms with van der Waals surface area (Å²) in [6, 6.07) is 12.0. The number of hydrogen-bond donors (Lipinski definition) is 1. The molecule has 2 aromatic rings. The molecular formula is C16H15FN2O4. The van der Waals surface area contributed by atoms with Gasteiger partial charge in [0.05, 0.1) is 4.92 Å². The smallest absolute Gasteiger partial charge is 0.306 e. The third kappa shape index (κ3) is 4.26. The van der Waals surface area contributed by atoms with Gasteiger partial charge in [-0.2, -0.15) is 4.39 Å². The first kappa shape index (κ1) is 16.4. The predicted octanol–water partition coefficient (Wildman–Crippen LogP) is 3.53. The number of carbonyl (C=O) groups is 1. The Labute approximate surface area is 132 Å². The van der Waals surface area contributed by atoms with E-state index in [1.54, 1.807) is 31.2 Å². The summed E-state index contributed by atoms with van der Waals surface area (Å²) in [6.45, 7) is 1.78. The molecule has 23 heavy (non-hydrogen) atoms. The van der Waals surface area contributed by atoms with Crippen molar-refractivity contribution >= 4 is 17.3 Å². The molecule has 0 fully saturated rings. The fourth-order valence-electron chi connectivity index (χ4n) is 1.94. The monoisotopic (exact) mass is 318 g/mol. The van der Waals surface area contributed by atoms with Crippen LogP contribution in [-0.4, -0.2) is 16.9 Å². The molecule has 0 heterocycles. The van der Waals surface area contributed by atoms with E-state index in [1.165, 1.54) is 6.07 Å². The fourth-order valence-corrected chi connectivity index (χ4v) is 1.94.